The molecular formula is C18H20N2O3S. The number of carbonyl (C=O) groups is 1. The Morgan fingerprint density at radius 1 is 1.12 bits per heavy atom. The first kappa shape index (κ1) is 16.5. The second-order valence-corrected chi connectivity index (χ2v) is 8.32. The Morgan fingerprint density at radius 3 is 2.46 bits per heavy atom. The molecule has 0 aliphatic carbocycles. The van der Waals surface area contributed by atoms with Crippen LogP contribution in [0.4, 0.5) is 5.69 Å². The number of sulfone groups is 1. The number of nitrogens with one attached hydrogen (secondary N) is 1. The van der Waals surface area contributed by atoms with Crippen LogP contribution in [0.25, 0.3) is 21.8 Å². The van der Waals surface area contributed by atoms with Crippen LogP contribution in [-0.4, -0.2) is 30.4 Å². The normalized spacial score (nSPS) is 13.3. The topological polar surface area (TPSA) is 68.2 Å². The smallest absolute Gasteiger partial charge is 0.242 e. The predicted molar refractivity (Wildman–Crippen MR) is 98.1 cm³/mol. The van der Waals surface area contributed by atoms with E-state index in [2.05, 4.69) is 28.9 Å². The first-order valence-corrected chi connectivity index (χ1v) is 9.79. The van der Waals surface area contributed by atoms with Crippen LogP contribution in [0.15, 0.2) is 42.5 Å². The van der Waals surface area contributed by atoms with Gasteiger partial charge in [0, 0.05) is 40.3 Å². The molecule has 0 bridgehead atoms. The quantitative estimate of drug-likeness (QED) is 0.790. The minimum absolute atomic E-state index is 0.518. The minimum atomic E-state index is -3.42. The molecule has 0 saturated carbocycles. The summed E-state index contributed by atoms with van der Waals surface area (Å²) in [5, 5.41) is 3.78. The van der Waals surface area contributed by atoms with Crippen molar-refractivity contribution in [3.05, 3.63) is 42.5 Å². The van der Waals surface area contributed by atoms with Crippen molar-refractivity contribution in [2.45, 2.75) is 25.6 Å². The van der Waals surface area contributed by atoms with E-state index in [-0.39, 0.29) is 0 Å². The van der Waals surface area contributed by atoms with E-state index in [1.165, 1.54) is 6.92 Å². The van der Waals surface area contributed by atoms with Gasteiger partial charge in [0.25, 0.3) is 0 Å². The third kappa shape index (κ3) is 2.78. The molecule has 2 aromatic carbocycles. The molecule has 6 heteroatoms. The number of nitrogens with zero attached hydrogens (tertiary/aromatic N) is 1. The Bertz CT molecular complexity index is 1040. The molecule has 3 aromatic rings. The molecule has 1 atom stereocenters. The highest BCUT2D eigenvalue weighted by molar-refractivity contribution is 7.92. The zero-order valence-corrected chi connectivity index (χ0v) is 14.7. The van der Waals surface area contributed by atoms with Crippen molar-refractivity contribution < 1.29 is 13.2 Å². The van der Waals surface area contributed by atoms with Gasteiger partial charge in [0.1, 0.15) is 5.25 Å². The van der Waals surface area contributed by atoms with Crippen LogP contribution >= 0.6 is 0 Å². The Hall–Kier alpha value is -2.34. The van der Waals surface area contributed by atoms with Crippen molar-refractivity contribution >= 4 is 43.2 Å². The number of hydrogen-bond acceptors (Lipinski definition) is 3. The van der Waals surface area contributed by atoms with Gasteiger partial charge in [0.05, 0.1) is 0 Å². The van der Waals surface area contributed by atoms with E-state index in [9.17, 15) is 13.2 Å². The SMILES string of the molecule is CCn1c2ccccc2c2cc(NC(=O)[C@@H](C)S(C)(=O)=O)ccc21. The fourth-order valence-corrected chi connectivity index (χ4v) is 3.36. The Labute approximate surface area is 141 Å². The summed E-state index contributed by atoms with van der Waals surface area (Å²) in [7, 11) is -3.42. The number of anilines is 1. The fraction of sp³-hybridized carbons (Fsp3) is 0.278. The monoisotopic (exact) mass is 344 g/mol. The van der Waals surface area contributed by atoms with Gasteiger partial charge in [-0.3, -0.25) is 4.79 Å². The van der Waals surface area contributed by atoms with Crippen LogP contribution in [0, 0.1) is 0 Å². The van der Waals surface area contributed by atoms with Crippen LogP contribution < -0.4 is 5.32 Å². The van der Waals surface area contributed by atoms with E-state index in [0.717, 1.165) is 34.6 Å². The van der Waals surface area contributed by atoms with Crippen molar-refractivity contribution in [2.75, 3.05) is 11.6 Å². The lowest BCUT2D eigenvalue weighted by Gasteiger charge is -2.11. The van der Waals surface area contributed by atoms with Crippen molar-refractivity contribution in [1.29, 1.82) is 0 Å². The van der Waals surface area contributed by atoms with Crippen LogP contribution in [0.5, 0.6) is 0 Å². The van der Waals surface area contributed by atoms with Gasteiger partial charge in [0.2, 0.25) is 5.91 Å². The molecule has 0 spiro atoms. The van der Waals surface area contributed by atoms with Crippen molar-refractivity contribution in [1.82, 2.24) is 4.57 Å². The summed E-state index contributed by atoms with van der Waals surface area (Å²) in [6.45, 7) is 4.34. The molecule has 0 unspecified atom stereocenters. The number of hydrogen-bond donors (Lipinski definition) is 1. The van der Waals surface area contributed by atoms with Gasteiger partial charge in [-0.25, -0.2) is 8.42 Å². The van der Waals surface area contributed by atoms with Crippen LogP contribution in [0.1, 0.15) is 13.8 Å². The van der Waals surface area contributed by atoms with E-state index < -0.39 is 21.0 Å². The molecule has 24 heavy (non-hydrogen) atoms. The molecular weight excluding hydrogens is 324 g/mol. The van der Waals surface area contributed by atoms with Gasteiger partial charge in [0.15, 0.2) is 9.84 Å². The molecule has 1 N–H and O–H groups in total. The summed E-state index contributed by atoms with van der Waals surface area (Å²) >= 11 is 0. The van der Waals surface area contributed by atoms with Gasteiger partial charge in [-0.15, -0.1) is 0 Å². The second kappa shape index (κ2) is 5.94. The number of para-hydroxylation sites is 1. The van der Waals surface area contributed by atoms with E-state index in [1.54, 1.807) is 6.07 Å². The van der Waals surface area contributed by atoms with E-state index in [4.69, 9.17) is 0 Å². The first-order valence-electron chi connectivity index (χ1n) is 7.83. The maximum atomic E-state index is 12.1. The second-order valence-electron chi connectivity index (χ2n) is 5.95. The number of amides is 1. The molecule has 0 fully saturated rings. The Morgan fingerprint density at radius 2 is 1.79 bits per heavy atom. The molecule has 0 radical (unpaired) electrons. The Kier molecular flexibility index (Phi) is 4.09. The molecule has 3 rings (SSSR count). The van der Waals surface area contributed by atoms with Gasteiger partial charge in [-0.2, -0.15) is 0 Å². The largest absolute Gasteiger partial charge is 0.341 e. The van der Waals surface area contributed by atoms with Gasteiger partial charge in [-0.05, 0) is 38.1 Å². The maximum Gasteiger partial charge on any atom is 0.242 e. The standard InChI is InChI=1S/C18H20N2O3S/c1-4-20-16-8-6-5-7-14(16)15-11-13(9-10-17(15)20)19-18(21)12(2)24(3,22)23/h5-12H,4H2,1-3H3,(H,19,21)/t12-/m1/s1. The fourth-order valence-electron chi connectivity index (χ4n) is 2.91. The number of aromatic nitrogens is 1. The van der Waals surface area contributed by atoms with Gasteiger partial charge < -0.3 is 9.88 Å². The number of rotatable bonds is 4. The zero-order valence-electron chi connectivity index (χ0n) is 13.9. The van der Waals surface area contributed by atoms with Crippen molar-refractivity contribution in [3.63, 3.8) is 0 Å². The average molecular weight is 344 g/mol. The lowest BCUT2D eigenvalue weighted by molar-refractivity contribution is -0.115. The summed E-state index contributed by atoms with van der Waals surface area (Å²) in [5.41, 5.74) is 2.83. The van der Waals surface area contributed by atoms with Crippen LogP contribution in [0.3, 0.4) is 0 Å². The van der Waals surface area contributed by atoms with Crippen LogP contribution in [-0.2, 0) is 21.2 Å². The molecule has 1 aromatic heterocycles. The highest BCUT2D eigenvalue weighted by atomic mass is 32.2. The number of carbonyl (C=O) groups excluding carboxylic acids is 1. The van der Waals surface area contributed by atoms with Crippen molar-refractivity contribution in [3.8, 4) is 0 Å². The number of fused-ring (bicyclic) bond motifs is 3. The van der Waals surface area contributed by atoms with E-state index in [0.29, 0.717) is 5.69 Å². The summed E-state index contributed by atoms with van der Waals surface area (Å²) in [6.07, 6.45) is 1.06. The maximum absolute atomic E-state index is 12.1. The molecule has 126 valence electrons. The highest BCUT2D eigenvalue weighted by Gasteiger charge is 2.23. The summed E-state index contributed by atoms with van der Waals surface area (Å²) in [6, 6.07) is 13.8. The minimum Gasteiger partial charge on any atom is -0.341 e. The van der Waals surface area contributed by atoms with Crippen molar-refractivity contribution in [2.24, 2.45) is 0 Å². The number of benzene rings is 2. The third-order valence-corrected chi connectivity index (χ3v) is 5.87. The zero-order chi connectivity index (χ0) is 17.5. The van der Waals surface area contributed by atoms with E-state index >= 15 is 0 Å². The molecule has 1 amide bonds. The molecule has 5 nitrogen and oxygen atoms in total. The van der Waals surface area contributed by atoms with Gasteiger partial charge in [-0.1, -0.05) is 18.2 Å². The molecule has 0 aliphatic rings. The van der Waals surface area contributed by atoms with Crippen LogP contribution in [0.2, 0.25) is 0 Å². The predicted octanol–water partition coefficient (Wildman–Crippen LogP) is 3.19. The lowest BCUT2D eigenvalue weighted by Crippen LogP contribution is -2.31. The first-order chi connectivity index (χ1) is 11.3. The summed E-state index contributed by atoms with van der Waals surface area (Å²) in [5.74, 6) is -0.518. The summed E-state index contributed by atoms with van der Waals surface area (Å²) in [4.78, 5) is 12.1. The lowest BCUT2D eigenvalue weighted by atomic mass is 10.1. The third-order valence-electron chi connectivity index (χ3n) is 4.37. The van der Waals surface area contributed by atoms with Gasteiger partial charge >= 0.3 is 0 Å². The number of aryl methyl sites for hydroxylation is 1. The molecule has 0 saturated heterocycles. The van der Waals surface area contributed by atoms with E-state index in [1.807, 2.05) is 24.3 Å². The summed E-state index contributed by atoms with van der Waals surface area (Å²) < 4.78 is 25.3. The average Bonchev–Trinajstić information content (AvgIpc) is 2.86. The molecule has 0 aliphatic heterocycles. The Balaban J connectivity index is 2.06. The highest BCUT2D eigenvalue weighted by Crippen LogP contribution is 2.31. The molecule has 1 heterocycles.